The van der Waals surface area contributed by atoms with Gasteiger partial charge in [0.25, 0.3) is 0 Å². The average Bonchev–Trinajstić information content (AvgIpc) is 2.68. The van der Waals surface area contributed by atoms with Crippen LogP contribution in [-0.4, -0.2) is 48.1 Å². The predicted molar refractivity (Wildman–Crippen MR) is 85.0 cm³/mol. The van der Waals surface area contributed by atoms with Gasteiger partial charge in [0.2, 0.25) is 0 Å². The van der Waals surface area contributed by atoms with Crippen molar-refractivity contribution in [2.45, 2.75) is 71.4 Å². The molecule has 0 aromatic carbocycles. The summed E-state index contributed by atoms with van der Waals surface area (Å²) < 4.78 is 17.0. The zero-order valence-corrected chi connectivity index (χ0v) is 14.7. The van der Waals surface area contributed by atoms with Crippen molar-refractivity contribution in [3.8, 4) is 0 Å². The van der Waals surface area contributed by atoms with E-state index in [4.69, 9.17) is 14.2 Å². The Morgan fingerprint density at radius 2 is 2.08 bits per heavy atom. The fourth-order valence-electron chi connectivity index (χ4n) is 4.74. The molecule has 1 heterocycles. The molecule has 134 valence electrons. The Bertz CT molecular complexity index is 584. The summed E-state index contributed by atoms with van der Waals surface area (Å²) in [7, 11) is 0. The number of aliphatic hydroxyl groups is 1. The molecule has 1 saturated carbocycles. The first-order chi connectivity index (χ1) is 11.2. The van der Waals surface area contributed by atoms with Crippen LogP contribution in [0.1, 0.15) is 47.0 Å². The number of ether oxygens (including phenoxy) is 3. The number of allylic oxidation sites excluding steroid dienone is 1. The van der Waals surface area contributed by atoms with Gasteiger partial charge in [0.15, 0.2) is 0 Å². The first-order valence-electron chi connectivity index (χ1n) is 8.49. The Kier molecular flexibility index (Phi) is 4.24. The SMILES string of the molecule is CC(=O)OC[C@@]12C[C@@H](OC(C)=O)[C@@H](O[C@@H]3CC(C)=CC[C@@]31C)[C@H]2O. The summed E-state index contributed by atoms with van der Waals surface area (Å²) in [6.07, 6.45) is 2.09. The van der Waals surface area contributed by atoms with Gasteiger partial charge < -0.3 is 19.3 Å². The Hall–Kier alpha value is -1.40. The van der Waals surface area contributed by atoms with E-state index in [0.29, 0.717) is 6.42 Å². The fraction of sp³-hybridized carbons (Fsp3) is 0.778. The lowest BCUT2D eigenvalue weighted by atomic mass is 9.54. The maximum absolute atomic E-state index is 11.5. The topological polar surface area (TPSA) is 82.1 Å². The van der Waals surface area contributed by atoms with E-state index in [2.05, 4.69) is 19.9 Å². The summed E-state index contributed by atoms with van der Waals surface area (Å²) in [5.74, 6) is -0.772. The molecule has 0 radical (unpaired) electrons. The van der Waals surface area contributed by atoms with Crippen LogP contribution in [0.3, 0.4) is 0 Å². The Balaban J connectivity index is 2.00. The molecule has 6 nitrogen and oxygen atoms in total. The molecule has 3 aliphatic rings. The van der Waals surface area contributed by atoms with Crippen molar-refractivity contribution in [1.82, 2.24) is 0 Å². The number of aliphatic hydroxyl groups excluding tert-OH is 1. The van der Waals surface area contributed by atoms with Crippen molar-refractivity contribution in [3.63, 3.8) is 0 Å². The number of hydrogen-bond acceptors (Lipinski definition) is 6. The van der Waals surface area contributed by atoms with Gasteiger partial charge >= 0.3 is 11.9 Å². The van der Waals surface area contributed by atoms with E-state index in [-0.39, 0.29) is 24.1 Å². The highest BCUT2D eigenvalue weighted by Crippen LogP contribution is 2.63. The number of rotatable bonds is 3. The summed E-state index contributed by atoms with van der Waals surface area (Å²) in [5.41, 5.74) is 0.191. The monoisotopic (exact) mass is 338 g/mol. The number of hydrogen-bond donors (Lipinski definition) is 1. The van der Waals surface area contributed by atoms with Gasteiger partial charge in [-0.3, -0.25) is 9.59 Å². The summed E-state index contributed by atoms with van der Waals surface area (Å²) in [4.78, 5) is 22.9. The Morgan fingerprint density at radius 1 is 1.38 bits per heavy atom. The van der Waals surface area contributed by atoms with E-state index in [0.717, 1.165) is 12.8 Å². The van der Waals surface area contributed by atoms with Crippen molar-refractivity contribution < 1.29 is 28.9 Å². The summed E-state index contributed by atoms with van der Waals surface area (Å²) in [5, 5.41) is 11.0. The van der Waals surface area contributed by atoms with Gasteiger partial charge in [-0.25, -0.2) is 0 Å². The minimum absolute atomic E-state index is 0.0907. The van der Waals surface area contributed by atoms with E-state index in [1.54, 1.807) is 0 Å². The minimum atomic E-state index is -0.839. The molecule has 1 aliphatic heterocycles. The van der Waals surface area contributed by atoms with Gasteiger partial charge in [-0.15, -0.1) is 0 Å². The maximum atomic E-state index is 11.5. The van der Waals surface area contributed by atoms with Crippen LogP contribution in [0.4, 0.5) is 0 Å². The van der Waals surface area contributed by atoms with Gasteiger partial charge in [0.05, 0.1) is 12.2 Å². The van der Waals surface area contributed by atoms with Gasteiger partial charge in [0.1, 0.15) is 18.8 Å². The third-order valence-corrected chi connectivity index (χ3v) is 6.21. The molecule has 0 unspecified atom stereocenters. The second kappa shape index (κ2) is 5.85. The lowest BCUT2D eigenvalue weighted by Crippen LogP contribution is -2.62. The lowest BCUT2D eigenvalue weighted by Gasteiger charge is -2.56. The molecule has 24 heavy (non-hydrogen) atoms. The molecule has 1 saturated heterocycles. The molecule has 0 aromatic heterocycles. The minimum Gasteiger partial charge on any atom is -0.465 e. The summed E-state index contributed by atoms with van der Waals surface area (Å²) >= 11 is 0. The van der Waals surface area contributed by atoms with Crippen LogP contribution in [0.2, 0.25) is 0 Å². The lowest BCUT2D eigenvalue weighted by molar-refractivity contribution is -0.244. The number of carbonyl (C=O) groups excluding carboxylic acids is 2. The van der Waals surface area contributed by atoms with E-state index in [9.17, 15) is 14.7 Å². The van der Waals surface area contributed by atoms with Gasteiger partial charge in [-0.2, -0.15) is 0 Å². The molecule has 2 bridgehead atoms. The maximum Gasteiger partial charge on any atom is 0.302 e. The fourth-order valence-corrected chi connectivity index (χ4v) is 4.74. The second-order valence-corrected chi connectivity index (χ2v) is 7.70. The van der Waals surface area contributed by atoms with Crippen LogP contribution in [0.5, 0.6) is 0 Å². The van der Waals surface area contributed by atoms with Crippen LogP contribution in [0.25, 0.3) is 0 Å². The van der Waals surface area contributed by atoms with Gasteiger partial charge in [0, 0.05) is 24.7 Å². The first kappa shape index (κ1) is 17.4. The van der Waals surface area contributed by atoms with Crippen LogP contribution in [-0.2, 0) is 23.8 Å². The molecule has 1 N–H and O–H groups in total. The Labute approximate surface area is 142 Å². The molecule has 6 heteroatoms. The smallest absolute Gasteiger partial charge is 0.302 e. The van der Waals surface area contributed by atoms with Crippen molar-refractivity contribution in [2.24, 2.45) is 10.8 Å². The standard InChI is InChI=1S/C18H26O6/c1-10-5-6-17(4)14(7-10)24-15-13(23-12(3)20)8-18(17,16(15)21)9-22-11(2)19/h5,13-16,21H,6-9H2,1-4H3/t13-,14-,15-,16-,17+,18-/m1/s1. The largest absolute Gasteiger partial charge is 0.465 e. The van der Waals surface area contributed by atoms with Crippen LogP contribution in [0, 0.1) is 10.8 Å². The zero-order chi connectivity index (χ0) is 17.7. The molecule has 6 atom stereocenters. The Morgan fingerprint density at radius 3 is 2.71 bits per heavy atom. The molecule has 0 aromatic rings. The van der Waals surface area contributed by atoms with Crippen molar-refractivity contribution in [3.05, 3.63) is 11.6 Å². The molecular weight excluding hydrogens is 312 g/mol. The van der Waals surface area contributed by atoms with E-state index >= 15 is 0 Å². The molecule has 2 aliphatic carbocycles. The van der Waals surface area contributed by atoms with Crippen molar-refractivity contribution in [2.75, 3.05) is 6.61 Å². The molecule has 3 rings (SSSR count). The van der Waals surface area contributed by atoms with E-state index in [1.165, 1.54) is 19.4 Å². The zero-order valence-electron chi connectivity index (χ0n) is 14.7. The second-order valence-electron chi connectivity index (χ2n) is 7.70. The molecule has 2 fully saturated rings. The van der Waals surface area contributed by atoms with Crippen LogP contribution in [0.15, 0.2) is 11.6 Å². The summed E-state index contributed by atoms with van der Waals surface area (Å²) in [6.45, 7) is 6.98. The molecule has 0 amide bonds. The van der Waals surface area contributed by atoms with E-state index < -0.39 is 29.7 Å². The average molecular weight is 338 g/mol. The van der Waals surface area contributed by atoms with Gasteiger partial charge in [-0.05, 0) is 26.2 Å². The number of fused-ring (bicyclic) bond motifs is 4. The highest BCUT2D eigenvalue weighted by atomic mass is 16.6. The quantitative estimate of drug-likeness (QED) is 0.623. The summed E-state index contributed by atoms with van der Waals surface area (Å²) in [6, 6.07) is 0. The highest BCUT2D eigenvalue weighted by molar-refractivity contribution is 5.66. The van der Waals surface area contributed by atoms with Crippen LogP contribution < -0.4 is 0 Å². The normalized spacial score (nSPS) is 43.6. The van der Waals surface area contributed by atoms with E-state index in [1.807, 2.05) is 0 Å². The number of carbonyl (C=O) groups is 2. The van der Waals surface area contributed by atoms with Crippen LogP contribution >= 0.6 is 0 Å². The van der Waals surface area contributed by atoms with Crippen molar-refractivity contribution >= 4 is 11.9 Å². The predicted octanol–water partition coefficient (Wildman–Crippen LogP) is 1.75. The number of esters is 2. The molecular formula is C18H26O6. The van der Waals surface area contributed by atoms with Gasteiger partial charge in [-0.1, -0.05) is 18.6 Å². The highest BCUT2D eigenvalue weighted by Gasteiger charge is 2.70. The third-order valence-electron chi connectivity index (χ3n) is 6.21. The van der Waals surface area contributed by atoms with Crippen molar-refractivity contribution in [1.29, 1.82) is 0 Å². The first-order valence-corrected chi connectivity index (χ1v) is 8.49. The third kappa shape index (κ3) is 2.47. The molecule has 0 spiro atoms.